The highest BCUT2D eigenvalue weighted by molar-refractivity contribution is 5.92. The van der Waals surface area contributed by atoms with Crippen LogP contribution in [0.4, 0.5) is 0 Å². The third-order valence-electron chi connectivity index (χ3n) is 3.41. The van der Waals surface area contributed by atoms with Crippen LogP contribution in [-0.2, 0) is 6.42 Å². The van der Waals surface area contributed by atoms with Gasteiger partial charge in [-0.2, -0.15) is 0 Å². The van der Waals surface area contributed by atoms with Crippen molar-refractivity contribution in [3.8, 4) is 0 Å². The number of likely N-dealkylation sites (N-methyl/N-ethyl adjacent to an activating group) is 1. The number of aromatic nitrogens is 1. The first kappa shape index (κ1) is 15.2. The maximum atomic E-state index is 11.9. The largest absolute Gasteiger partial charge is 0.351 e. The second-order valence-electron chi connectivity index (χ2n) is 4.93. The summed E-state index contributed by atoms with van der Waals surface area (Å²) in [4.78, 5) is 15.9. The fourth-order valence-corrected chi connectivity index (χ4v) is 2.19. The van der Waals surface area contributed by atoms with E-state index in [0.29, 0.717) is 18.3 Å². The summed E-state index contributed by atoms with van der Waals surface area (Å²) in [5.74, 6) is -0.120. The van der Waals surface area contributed by atoms with Crippen molar-refractivity contribution in [2.24, 2.45) is 0 Å². The van der Waals surface area contributed by atoms with Gasteiger partial charge < -0.3 is 10.6 Å². The Morgan fingerprint density at radius 1 is 1.14 bits per heavy atom. The maximum absolute atomic E-state index is 11.9. The van der Waals surface area contributed by atoms with Gasteiger partial charge in [0, 0.05) is 18.8 Å². The van der Waals surface area contributed by atoms with Gasteiger partial charge in [-0.15, -0.1) is 0 Å². The Balaban J connectivity index is 1.77. The van der Waals surface area contributed by atoms with E-state index >= 15 is 0 Å². The Hall–Kier alpha value is -2.20. The van der Waals surface area contributed by atoms with Crippen LogP contribution in [-0.4, -0.2) is 30.5 Å². The van der Waals surface area contributed by atoms with Crippen molar-refractivity contribution in [3.63, 3.8) is 0 Å². The number of carbonyl (C=O) groups is 1. The van der Waals surface area contributed by atoms with Crippen LogP contribution >= 0.6 is 0 Å². The van der Waals surface area contributed by atoms with Gasteiger partial charge in [-0.3, -0.25) is 9.78 Å². The van der Waals surface area contributed by atoms with Crippen molar-refractivity contribution in [3.05, 3.63) is 66.0 Å². The lowest BCUT2D eigenvalue weighted by Crippen LogP contribution is -2.34. The van der Waals surface area contributed by atoms with Gasteiger partial charge in [-0.05, 0) is 37.6 Å². The average Bonchev–Trinajstić information content (AvgIpc) is 2.55. The van der Waals surface area contributed by atoms with Gasteiger partial charge in [0.05, 0.1) is 0 Å². The molecule has 1 aromatic heterocycles. The molecule has 1 amide bonds. The van der Waals surface area contributed by atoms with Gasteiger partial charge in [0.15, 0.2) is 0 Å². The summed E-state index contributed by atoms with van der Waals surface area (Å²) in [7, 11) is 1.95. The van der Waals surface area contributed by atoms with Gasteiger partial charge in [-0.1, -0.05) is 36.4 Å². The predicted molar refractivity (Wildman–Crippen MR) is 84.2 cm³/mol. The molecular formula is C17H21N3O. The molecule has 0 saturated heterocycles. The van der Waals surface area contributed by atoms with Crippen LogP contribution in [0.15, 0.2) is 54.7 Å². The van der Waals surface area contributed by atoms with Gasteiger partial charge in [0.1, 0.15) is 5.69 Å². The molecule has 110 valence electrons. The molecule has 1 aromatic carbocycles. The molecular weight excluding hydrogens is 262 g/mol. The van der Waals surface area contributed by atoms with E-state index in [4.69, 9.17) is 0 Å². The summed E-state index contributed by atoms with van der Waals surface area (Å²) in [6.45, 7) is 0.633. The van der Waals surface area contributed by atoms with E-state index in [9.17, 15) is 4.79 Å². The Bertz CT molecular complexity index is 542. The zero-order valence-corrected chi connectivity index (χ0v) is 12.3. The van der Waals surface area contributed by atoms with Crippen molar-refractivity contribution < 1.29 is 4.79 Å². The van der Waals surface area contributed by atoms with Crippen LogP contribution in [0.25, 0.3) is 0 Å². The van der Waals surface area contributed by atoms with E-state index in [-0.39, 0.29) is 5.91 Å². The number of benzene rings is 1. The first-order chi connectivity index (χ1) is 10.3. The summed E-state index contributed by atoms with van der Waals surface area (Å²) in [6.07, 6.45) is 3.46. The van der Waals surface area contributed by atoms with Crippen molar-refractivity contribution >= 4 is 5.91 Å². The molecule has 2 N–H and O–H groups in total. The molecule has 0 spiro atoms. The summed E-state index contributed by atoms with van der Waals surface area (Å²) in [5.41, 5.74) is 1.76. The zero-order valence-electron chi connectivity index (χ0n) is 12.3. The standard InChI is InChI=1S/C17H21N3O/c1-18-15(13-14-7-3-2-4-8-14)10-12-20-17(21)16-9-5-6-11-19-16/h2-9,11,15,18H,10,12-13H2,1H3,(H,20,21)/t15-/m1/s1. The Morgan fingerprint density at radius 3 is 2.57 bits per heavy atom. The molecule has 0 saturated carbocycles. The number of carbonyl (C=O) groups excluding carboxylic acids is 1. The third-order valence-corrected chi connectivity index (χ3v) is 3.41. The lowest BCUT2D eigenvalue weighted by molar-refractivity contribution is 0.0947. The van der Waals surface area contributed by atoms with E-state index in [1.807, 2.05) is 31.3 Å². The summed E-state index contributed by atoms with van der Waals surface area (Å²) >= 11 is 0. The minimum Gasteiger partial charge on any atom is -0.351 e. The molecule has 0 radical (unpaired) electrons. The molecule has 2 rings (SSSR count). The first-order valence-electron chi connectivity index (χ1n) is 7.20. The van der Waals surface area contributed by atoms with E-state index in [2.05, 4.69) is 27.8 Å². The highest BCUT2D eigenvalue weighted by Gasteiger charge is 2.09. The summed E-state index contributed by atoms with van der Waals surface area (Å²) < 4.78 is 0. The van der Waals surface area contributed by atoms with Gasteiger partial charge >= 0.3 is 0 Å². The molecule has 4 nitrogen and oxygen atoms in total. The van der Waals surface area contributed by atoms with Crippen LogP contribution in [0.5, 0.6) is 0 Å². The Morgan fingerprint density at radius 2 is 1.90 bits per heavy atom. The highest BCUT2D eigenvalue weighted by Crippen LogP contribution is 2.05. The normalized spacial score (nSPS) is 11.9. The highest BCUT2D eigenvalue weighted by atomic mass is 16.1. The van der Waals surface area contributed by atoms with Crippen LogP contribution < -0.4 is 10.6 Å². The summed E-state index contributed by atoms with van der Waals surface area (Å²) in [5, 5.41) is 6.21. The number of rotatable bonds is 7. The molecule has 0 bridgehead atoms. The van der Waals surface area contributed by atoms with Gasteiger partial charge in [-0.25, -0.2) is 0 Å². The predicted octanol–water partition coefficient (Wildman–Crippen LogP) is 2.03. The minimum absolute atomic E-state index is 0.120. The molecule has 21 heavy (non-hydrogen) atoms. The second-order valence-corrected chi connectivity index (χ2v) is 4.93. The number of nitrogens with zero attached hydrogens (tertiary/aromatic N) is 1. The fourth-order valence-electron chi connectivity index (χ4n) is 2.19. The van der Waals surface area contributed by atoms with Gasteiger partial charge in [0.25, 0.3) is 5.91 Å². The number of hydrogen-bond donors (Lipinski definition) is 2. The topological polar surface area (TPSA) is 54.0 Å². The second kappa shape index (κ2) is 8.17. The molecule has 0 aliphatic heterocycles. The molecule has 0 fully saturated rings. The van der Waals surface area contributed by atoms with Crippen LogP contribution in [0.1, 0.15) is 22.5 Å². The van der Waals surface area contributed by atoms with E-state index in [0.717, 1.165) is 12.8 Å². The number of pyridine rings is 1. The first-order valence-corrected chi connectivity index (χ1v) is 7.20. The Kier molecular flexibility index (Phi) is 5.91. The zero-order chi connectivity index (χ0) is 14.9. The Labute approximate surface area is 125 Å². The molecule has 0 aliphatic carbocycles. The SMILES string of the molecule is CN[C@H](CCNC(=O)c1ccccn1)Cc1ccccc1. The number of amides is 1. The van der Waals surface area contributed by atoms with E-state index < -0.39 is 0 Å². The maximum Gasteiger partial charge on any atom is 0.269 e. The number of hydrogen-bond acceptors (Lipinski definition) is 3. The fraction of sp³-hybridized carbons (Fsp3) is 0.294. The molecule has 1 heterocycles. The monoisotopic (exact) mass is 283 g/mol. The minimum atomic E-state index is -0.120. The van der Waals surface area contributed by atoms with E-state index in [1.54, 1.807) is 18.3 Å². The number of nitrogens with one attached hydrogen (secondary N) is 2. The molecule has 0 unspecified atom stereocenters. The smallest absolute Gasteiger partial charge is 0.269 e. The average molecular weight is 283 g/mol. The van der Waals surface area contributed by atoms with Gasteiger partial charge in [0.2, 0.25) is 0 Å². The lowest BCUT2D eigenvalue weighted by atomic mass is 10.0. The molecule has 1 atom stereocenters. The summed E-state index contributed by atoms with van der Waals surface area (Å²) in [6, 6.07) is 16.0. The molecule has 2 aromatic rings. The van der Waals surface area contributed by atoms with Crippen molar-refractivity contribution in [1.29, 1.82) is 0 Å². The molecule has 0 aliphatic rings. The molecule has 4 heteroatoms. The van der Waals surface area contributed by atoms with Crippen LogP contribution in [0.2, 0.25) is 0 Å². The van der Waals surface area contributed by atoms with Crippen LogP contribution in [0, 0.1) is 0 Å². The van der Waals surface area contributed by atoms with Crippen molar-refractivity contribution in [1.82, 2.24) is 15.6 Å². The third kappa shape index (κ3) is 5.00. The van der Waals surface area contributed by atoms with E-state index in [1.165, 1.54) is 5.56 Å². The van der Waals surface area contributed by atoms with Crippen molar-refractivity contribution in [2.75, 3.05) is 13.6 Å². The van der Waals surface area contributed by atoms with Crippen molar-refractivity contribution in [2.45, 2.75) is 18.9 Å². The quantitative estimate of drug-likeness (QED) is 0.817. The lowest BCUT2D eigenvalue weighted by Gasteiger charge is -2.16. The van der Waals surface area contributed by atoms with Crippen LogP contribution in [0.3, 0.4) is 0 Å².